The van der Waals surface area contributed by atoms with Crippen LogP contribution in [0.25, 0.3) is 0 Å². The number of nitrogens with zero attached hydrogens (tertiary/aromatic N) is 4. The van der Waals surface area contributed by atoms with Gasteiger partial charge < -0.3 is 9.32 Å². The molecule has 6 nitrogen and oxygen atoms in total. The predicted octanol–water partition coefficient (Wildman–Crippen LogP) is 3.30. The van der Waals surface area contributed by atoms with E-state index in [0.717, 1.165) is 43.9 Å². The van der Waals surface area contributed by atoms with Gasteiger partial charge in [0.25, 0.3) is 0 Å². The first-order chi connectivity index (χ1) is 13.0. The molecule has 0 bridgehead atoms. The zero-order chi connectivity index (χ0) is 18.8. The number of carbonyl (C=O) groups excluding carboxylic acids is 1. The van der Waals surface area contributed by atoms with Crippen LogP contribution in [0.1, 0.15) is 62.3 Å². The Morgan fingerprint density at radius 1 is 1.37 bits per heavy atom. The second-order valence-electron chi connectivity index (χ2n) is 8.72. The van der Waals surface area contributed by atoms with E-state index in [1.165, 1.54) is 5.56 Å². The van der Waals surface area contributed by atoms with Crippen LogP contribution in [0.2, 0.25) is 0 Å². The van der Waals surface area contributed by atoms with E-state index in [-0.39, 0.29) is 5.54 Å². The molecule has 27 heavy (non-hydrogen) atoms. The number of hydrogen-bond acceptors (Lipinski definition) is 4. The molecule has 0 saturated carbocycles. The number of hydrogen-bond donors (Lipinski definition) is 0. The van der Waals surface area contributed by atoms with E-state index in [1.54, 1.807) is 0 Å². The molecule has 3 aliphatic rings. The van der Waals surface area contributed by atoms with Gasteiger partial charge in [0.1, 0.15) is 17.1 Å². The number of aryl methyl sites for hydroxylation is 1. The third kappa shape index (κ3) is 2.42. The Morgan fingerprint density at radius 3 is 2.93 bits per heavy atom. The van der Waals surface area contributed by atoms with Gasteiger partial charge in [-0.15, -0.1) is 0 Å². The predicted molar refractivity (Wildman–Crippen MR) is 101 cm³/mol. The van der Waals surface area contributed by atoms with Crippen LogP contribution < -0.4 is 0 Å². The van der Waals surface area contributed by atoms with Gasteiger partial charge in [0, 0.05) is 36.3 Å². The van der Waals surface area contributed by atoms with Gasteiger partial charge in [-0.3, -0.25) is 14.4 Å². The van der Waals surface area contributed by atoms with Crippen molar-refractivity contribution < 1.29 is 9.21 Å². The third-order valence-corrected chi connectivity index (χ3v) is 6.81. The van der Waals surface area contributed by atoms with Gasteiger partial charge in [-0.05, 0) is 58.7 Å². The van der Waals surface area contributed by atoms with Crippen LogP contribution in [0, 0.1) is 12.8 Å². The van der Waals surface area contributed by atoms with E-state index in [2.05, 4.69) is 30.0 Å². The Morgan fingerprint density at radius 2 is 2.22 bits per heavy atom. The first-order valence-corrected chi connectivity index (χ1v) is 10.1. The first kappa shape index (κ1) is 17.0. The van der Waals surface area contributed by atoms with E-state index in [9.17, 15) is 4.79 Å². The molecule has 1 amide bonds. The molecule has 0 unspecified atom stereocenters. The van der Waals surface area contributed by atoms with E-state index in [0.29, 0.717) is 30.5 Å². The minimum Gasteiger partial charge on any atom is -0.464 e. The fourth-order valence-electron chi connectivity index (χ4n) is 5.60. The van der Waals surface area contributed by atoms with Gasteiger partial charge in [-0.25, -0.2) is 0 Å². The maximum Gasteiger partial charge on any atom is 0.243 e. The van der Waals surface area contributed by atoms with Crippen LogP contribution in [-0.4, -0.2) is 44.1 Å². The van der Waals surface area contributed by atoms with Crippen molar-refractivity contribution >= 4 is 5.91 Å². The molecule has 144 valence electrons. The summed E-state index contributed by atoms with van der Waals surface area (Å²) in [4.78, 5) is 18.0. The number of aromatic nitrogens is 2. The van der Waals surface area contributed by atoms with Crippen LogP contribution in [0.4, 0.5) is 0 Å². The molecule has 3 saturated heterocycles. The maximum absolute atomic E-state index is 13.5. The van der Waals surface area contributed by atoms with E-state index in [4.69, 9.17) is 4.42 Å². The lowest BCUT2D eigenvalue weighted by molar-refractivity contribution is -0.137. The number of likely N-dealkylation sites (tertiary alicyclic amines) is 1. The standard InChI is InChI=1S/C21H28N4O2/c1-14(2)25-11-16(10-22-25)19-9-17-12-23(13-18-6-5-15(3)27-18)20(26)21(17)7-4-8-24(19)21/h5-6,10-11,14,17,19H,4,7-9,12-13H2,1-3H3/t17-,19-,21-/m0/s1. The van der Waals surface area contributed by atoms with Crippen LogP contribution in [-0.2, 0) is 11.3 Å². The summed E-state index contributed by atoms with van der Waals surface area (Å²) in [7, 11) is 0. The van der Waals surface area contributed by atoms with E-state index >= 15 is 0 Å². The van der Waals surface area contributed by atoms with Crippen molar-refractivity contribution in [1.82, 2.24) is 19.6 Å². The summed E-state index contributed by atoms with van der Waals surface area (Å²) in [6, 6.07) is 4.64. The molecular formula is C21H28N4O2. The Balaban J connectivity index is 1.41. The molecule has 0 radical (unpaired) electrons. The third-order valence-electron chi connectivity index (χ3n) is 6.81. The van der Waals surface area contributed by atoms with Crippen molar-refractivity contribution in [2.45, 2.75) is 64.2 Å². The topological polar surface area (TPSA) is 54.5 Å². The SMILES string of the molecule is Cc1ccc(CN2C[C@@H]3C[C@@H](c4cnn(C(C)C)c4)N4CCC[C@@]34C2=O)o1. The van der Waals surface area contributed by atoms with Gasteiger partial charge in [-0.1, -0.05) is 0 Å². The molecule has 1 spiro atoms. The monoisotopic (exact) mass is 368 g/mol. The Kier molecular flexibility index (Phi) is 3.76. The molecule has 3 fully saturated rings. The molecule has 0 aromatic carbocycles. The fourth-order valence-corrected chi connectivity index (χ4v) is 5.60. The fraction of sp³-hybridized carbons (Fsp3) is 0.619. The second kappa shape index (κ2) is 5.96. The summed E-state index contributed by atoms with van der Waals surface area (Å²) in [5.74, 6) is 2.49. The van der Waals surface area contributed by atoms with Crippen molar-refractivity contribution in [2.75, 3.05) is 13.1 Å². The maximum atomic E-state index is 13.5. The Bertz CT molecular complexity index is 869. The summed E-state index contributed by atoms with van der Waals surface area (Å²) in [6.07, 6.45) is 7.31. The van der Waals surface area contributed by atoms with Gasteiger partial charge in [0.2, 0.25) is 5.91 Å². The molecule has 5 rings (SSSR count). The number of amides is 1. The second-order valence-corrected chi connectivity index (χ2v) is 8.72. The number of furan rings is 1. The Labute approximate surface area is 160 Å². The van der Waals surface area contributed by atoms with Crippen LogP contribution in [0.15, 0.2) is 28.9 Å². The lowest BCUT2D eigenvalue weighted by atomic mass is 9.85. The highest BCUT2D eigenvalue weighted by molar-refractivity contribution is 5.90. The average Bonchev–Trinajstić information content (AvgIpc) is 3.39. The molecule has 5 heterocycles. The number of carbonyl (C=O) groups is 1. The summed E-state index contributed by atoms with van der Waals surface area (Å²) in [5, 5.41) is 4.54. The molecule has 2 aromatic rings. The summed E-state index contributed by atoms with van der Waals surface area (Å²) < 4.78 is 7.75. The quantitative estimate of drug-likeness (QED) is 0.831. The molecule has 3 atom stereocenters. The van der Waals surface area contributed by atoms with Gasteiger partial charge >= 0.3 is 0 Å². The van der Waals surface area contributed by atoms with E-state index in [1.807, 2.05) is 34.8 Å². The van der Waals surface area contributed by atoms with Crippen molar-refractivity contribution in [1.29, 1.82) is 0 Å². The van der Waals surface area contributed by atoms with E-state index < -0.39 is 0 Å². The van der Waals surface area contributed by atoms with Gasteiger partial charge in [-0.2, -0.15) is 5.10 Å². The molecule has 0 aliphatic carbocycles. The van der Waals surface area contributed by atoms with Crippen LogP contribution >= 0.6 is 0 Å². The molecule has 6 heteroatoms. The molecule has 3 aliphatic heterocycles. The van der Waals surface area contributed by atoms with Crippen molar-refractivity contribution in [3.8, 4) is 0 Å². The zero-order valence-electron chi connectivity index (χ0n) is 16.4. The lowest BCUT2D eigenvalue weighted by Gasteiger charge is -2.33. The smallest absolute Gasteiger partial charge is 0.243 e. The molecular weight excluding hydrogens is 340 g/mol. The minimum atomic E-state index is -0.299. The summed E-state index contributed by atoms with van der Waals surface area (Å²) in [5.41, 5.74) is 0.965. The Hall–Kier alpha value is -2.08. The highest BCUT2D eigenvalue weighted by Crippen LogP contribution is 2.56. The number of rotatable bonds is 4. The average molecular weight is 368 g/mol. The highest BCUT2D eigenvalue weighted by atomic mass is 16.3. The summed E-state index contributed by atoms with van der Waals surface area (Å²) in [6.45, 7) is 8.68. The van der Waals surface area contributed by atoms with Crippen LogP contribution in [0.3, 0.4) is 0 Å². The summed E-state index contributed by atoms with van der Waals surface area (Å²) >= 11 is 0. The normalized spacial score (nSPS) is 30.5. The van der Waals surface area contributed by atoms with Crippen molar-refractivity contribution in [3.05, 3.63) is 41.6 Å². The van der Waals surface area contributed by atoms with Gasteiger partial charge in [0.05, 0.1) is 12.7 Å². The molecule has 2 aromatic heterocycles. The highest BCUT2D eigenvalue weighted by Gasteiger charge is 2.65. The van der Waals surface area contributed by atoms with Crippen molar-refractivity contribution in [2.24, 2.45) is 5.92 Å². The lowest BCUT2D eigenvalue weighted by Crippen LogP contribution is -2.49. The van der Waals surface area contributed by atoms with Gasteiger partial charge in [0.15, 0.2) is 0 Å². The first-order valence-electron chi connectivity index (χ1n) is 10.1. The van der Waals surface area contributed by atoms with Crippen LogP contribution in [0.5, 0.6) is 0 Å². The zero-order valence-corrected chi connectivity index (χ0v) is 16.4. The molecule has 0 N–H and O–H groups in total. The minimum absolute atomic E-state index is 0.299. The largest absolute Gasteiger partial charge is 0.464 e. The van der Waals surface area contributed by atoms with Crippen molar-refractivity contribution in [3.63, 3.8) is 0 Å².